The van der Waals surface area contributed by atoms with Crippen molar-refractivity contribution < 1.29 is 9.18 Å². The van der Waals surface area contributed by atoms with Gasteiger partial charge in [-0.2, -0.15) is 0 Å². The summed E-state index contributed by atoms with van der Waals surface area (Å²) in [5.74, 6) is -0.390. The van der Waals surface area contributed by atoms with Crippen LogP contribution < -0.4 is 11.1 Å². The van der Waals surface area contributed by atoms with Crippen LogP contribution in [0.5, 0.6) is 0 Å². The van der Waals surface area contributed by atoms with E-state index in [0.717, 1.165) is 5.56 Å². The number of hydrogen-bond acceptors (Lipinski definition) is 1. The fourth-order valence-electron chi connectivity index (χ4n) is 0.951. The molecule has 0 spiro atoms. The number of carbonyl (C=O) groups is 1. The Hall–Kier alpha value is -1.58. The Kier molecular flexibility index (Phi) is 2.28. The smallest absolute Gasteiger partial charge is 0.316 e. The first-order valence-corrected chi connectivity index (χ1v) is 3.41. The lowest BCUT2D eigenvalue weighted by atomic mass is 10.2. The molecule has 64 valence electrons. The largest absolute Gasteiger partial charge is 0.351 e. The lowest BCUT2D eigenvalue weighted by Gasteiger charge is -2.02. The summed E-state index contributed by atoms with van der Waals surface area (Å²) in [5, 5.41) is 2.29. The molecule has 2 amide bonds. The Morgan fingerprint density at radius 3 is 2.67 bits per heavy atom. The predicted molar refractivity (Wildman–Crippen MR) is 44.3 cm³/mol. The van der Waals surface area contributed by atoms with Crippen molar-refractivity contribution in [3.63, 3.8) is 0 Å². The van der Waals surface area contributed by atoms with Gasteiger partial charge in [-0.1, -0.05) is 0 Å². The van der Waals surface area contributed by atoms with Crippen LogP contribution in [0.3, 0.4) is 0 Å². The quantitative estimate of drug-likeness (QED) is 0.657. The third-order valence-corrected chi connectivity index (χ3v) is 1.31. The molecule has 1 aromatic carbocycles. The summed E-state index contributed by atoms with van der Waals surface area (Å²) in [5.41, 5.74) is 5.96. The predicted octanol–water partition coefficient (Wildman–Crippen LogP) is 1.62. The second kappa shape index (κ2) is 3.21. The van der Waals surface area contributed by atoms with E-state index in [4.69, 9.17) is 5.73 Å². The second-order valence-corrected chi connectivity index (χ2v) is 2.51. The number of hydrogen-bond donors (Lipinski definition) is 2. The number of carbonyl (C=O) groups excluding carboxylic acids is 1. The lowest BCUT2D eigenvalue weighted by molar-refractivity contribution is 0.259. The zero-order valence-electron chi connectivity index (χ0n) is 6.60. The van der Waals surface area contributed by atoms with Crippen molar-refractivity contribution >= 4 is 11.7 Å². The topological polar surface area (TPSA) is 55.1 Å². The summed E-state index contributed by atoms with van der Waals surface area (Å²) < 4.78 is 12.7. The normalized spacial score (nSPS) is 9.50. The van der Waals surface area contributed by atoms with Crippen molar-refractivity contribution in [2.24, 2.45) is 5.73 Å². The maximum atomic E-state index is 12.7. The Bertz CT molecular complexity index is 292. The first-order valence-electron chi connectivity index (χ1n) is 3.41. The molecule has 12 heavy (non-hydrogen) atoms. The highest BCUT2D eigenvalue weighted by Crippen LogP contribution is 2.12. The Morgan fingerprint density at radius 2 is 2.17 bits per heavy atom. The van der Waals surface area contributed by atoms with E-state index in [1.807, 2.05) is 0 Å². The van der Waals surface area contributed by atoms with Crippen LogP contribution in [0.15, 0.2) is 18.2 Å². The molecule has 0 radical (unpaired) electrons. The molecular formula is C8H9FN2O. The van der Waals surface area contributed by atoms with E-state index in [9.17, 15) is 9.18 Å². The number of nitrogens with one attached hydrogen (secondary N) is 1. The summed E-state index contributed by atoms with van der Waals surface area (Å²) in [4.78, 5) is 10.4. The van der Waals surface area contributed by atoms with Gasteiger partial charge in [0.25, 0.3) is 0 Å². The summed E-state index contributed by atoms with van der Waals surface area (Å²) in [6.45, 7) is 1.73. The zero-order valence-corrected chi connectivity index (χ0v) is 6.60. The molecule has 0 bridgehead atoms. The molecule has 0 atom stereocenters. The number of halogens is 1. The average molecular weight is 168 g/mol. The number of rotatable bonds is 1. The number of primary amides is 1. The van der Waals surface area contributed by atoms with Gasteiger partial charge in [0.2, 0.25) is 0 Å². The van der Waals surface area contributed by atoms with Gasteiger partial charge in [-0.15, -0.1) is 0 Å². The molecule has 0 unspecified atom stereocenters. The van der Waals surface area contributed by atoms with E-state index in [1.54, 1.807) is 13.0 Å². The summed E-state index contributed by atoms with van der Waals surface area (Å²) in [6, 6.07) is 3.51. The van der Waals surface area contributed by atoms with Gasteiger partial charge in [0.15, 0.2) is 0 Å². The minimum absolute atomic E-state index is 0.375. The highest BCUT2D eigenvalue weighted by Gasteiger charge is 1.98. The van der Waals surface area contributed by atoms with Crippen molar-refractivity contribution in [3.05, 3.63) is 29.6 Å². The van der Waals surface area contributed by atoms with E-state index < -0.39 is 11.8 Å². The molecule has 0 aliphatic heterocycles. The number of anilines is 1. The van der Waals surface area contributed by atoms with Crippen LogP contribution in [0, 0.1) is 12.7 Å². The van der Waals surface area contributed by atoms with Gasteiger partial charge in [0, 0.05) is 5.69 Å². The maximum absolute atomic E-state index is 12.7. The van der Waals surface area contributed by atoms with Crippen molar-refractivity contribution in [3.8, 4) is 0 Å². The fraction of sp³-hybridized carbons (Fsp3) is 0.125. The van der Waals surface area contributed by atoms with Crippen LogP contribution >= 0.6 is 0 Å². The number of urea groups is 1. The van der Waals surface area contributed by atoms with Gasteiger partial charge in [0.1, 0.15) is 5.82 Å². The highest BCUT2D eigenvalue weighted by atomic mass is 19.1. The van der Waals surface area contributed by atoms with Crippen molar-refractivity contribution in [1.82, 2.24) is 0 Å². The molecule has 3 N–H and O–H groups in total. The van der Waals surface area contributed by atoms with Crippen LogP contribution in [-0.4, -0.2) is 6.03 Å². The van der Waals surface area contributed by atoms with Gasteiger partial charge >= 0.3 is 6.03 Å². The molecule has 0 aliphatic rings. The number of nitrogens with two attached hydrogens (primary N) is 1. The number of aryl methyl sites for hydroxylation is 1. The SMILES string of the molecule is Cc1cc(F)cc(NC(N)=O)c1. The highest BCUT2D eigenvalue weighted by molar-refractivity contribution is 5.87. The molecule has 0 aromatic heterocycles. The van der Waals surface area contributed by atoms with E-state index in [-0.39, 0.29) is 0 Å². The molecule has 0 fully saturated rings. The standard InChI is InChI=1S/C8H9FN2O/c1-5-2-6(9)4-7(3-5)11-8(10)12/h2-4H,1H3,(H3,10,11,12). The monoisotopic (exact) mass is 168 g/mol. The third-order valence-electron chi connectivity index (χ3n) is 1.31. The molecule has 0 saturated heterocycles. The molecule has 0 heterocycles. The van der Waals surface area contributed by atoms with Crippen LogP contribution in [-0.2, 0) is 0 Å². The van der Waals surface area contributed by atoms with Crippen LogP contribution in [0.1, 0.15) is 5.56 Å². The van der Waals surface area contributed by atoms with Crippen LogP contribution in [0.4, 0.5) is 14.9 Å². The second-order valence-electron chi connectivity index (χ2n) is 2.51. The van der Waals surface area contributed by atoms with Gasteiger partial charge < -0.3 is 11.1 Å². The third kappa shape index (κ3) is 2.23. The molecule has 0 saturated carbocycles. The van der Waals surface area contributed by atoms with E-state index >= 15 is 0 Å². The fourth-order valence-corrected chi connectivity index (χ4v) is 0.951. The van der Waals surface area contributed by atoms with Crippen molar-refractivity contribution in [2.45, 2.75) is 6.92 Å². The summed E-state index contributed by atoms with van der Waals surface area (Å²) in [7, 11) is 0. The summed E-state index contributed by atoms with van der Waals surface area (Å²) >= 11 is 0. The summed E-state index contributed by atoms with van der Waals surface area (Å²) in [6.07, 6.45) is 0. The van der Waals surface area contributed by atoms with E-state index in [2.05, 4.69) is 5.32 Å². The Balaban J connectivity index is 2.93. The first kappa shape index (κ1) is 8.52. The lowest BCUT2D eigenvalue weighted by Crippen LogP contribution is -2.19. The van der Waals surface area contributed by atoms with Gasteiger partial charge in [-0.3, -0.25) is 0 Å². The first-order chi connectivity index (χ1) is 5.58. The number of benzene rings is 1. The molecule has 0 aliphatic carbocycles. The zero-order chi connectivity index (χ0) is 9.14. The molecule has 4 heteroatoms. The van der Waals surface area contributed by atoms with Gasteiger partial charge in [0.05, 0.1) is 0 Å². The minimum Gasteiger partial charge on any atom is -0.351 e. The van der Waals surface area contributed by atoms with Crippen LogP contribution in [0.25, 0.3) is 0 Å². The molecule has 1 rings (SSSR count). The molecule has 3 nitrogen and oxygen atoms in total. The van der Waals surface area contributed by atoms with Crippen molar-refractivity contribution in [1.29, 1.82) is 0 Å². The Morgan fingerprint density at radius 1 is 1.50 bits per heavy atom. The van der Waals surface area contributed by atoms with E-state index in [0.29, 0.717) is 5.69 Å². The van der Waals surface area contributed by atoms with Gasteiger partial charge in [-0.25, -0.2) is 9.18 Å². The number of amides is 2. The van der Waals surface area contributed by atoms with Crippen molar-refractivity contribution in [2.75, 3.05) is 5.32 Å². The maximum Gasteiger partial charge on any atom is 0.316 e. The van der Waals surface area contributed by atoms with Gasteiger partial charge in [-0.05, 0) is 30.7 Å². The molecular weight excluding hydrogens is 159 g/mol. The molecule has 1 aromatic rings. The van der Waals surface area contributed by atoms with Crippen LogP contribution in [0.2, 0.25) is 0 Å². The Labute approximate surface area is 69.4 Å². The average Bonchev–Trinajstić information content (AvgIpc) is 1.81. The minimum atomic E-state index is -0.694. The van der Waals surface area contributed by atoms with E-state index in [1.165, 1.54) is 12.1 Å².